The topological polar surface area (TPSA) is 18.5 Å². The fraction of sp³-hybridized carbons (Fsp3) is 1.00. The molecule has 1 aliphatic carbocycles. The molecule has 0 aromatic rings. The van der Waals surface area contributed by atoms with E-state index >= 15 is 0 Å². The third-order valence-electron chi connectivity index (χ3n) is 4.21. The Balaban J connectivity index is 1.57. The second-order valence-corrected chi connectivity index (χ2v) is 5.43. The predicted octanol–water partition coefficient (Wildman–Crippen LogP) is 0.864. The van der Waals surface area contributed by atoms with Gasteiger partial charge < -0.3 is 5.32 Å². The minimum absolute atomic E-state index is 0.682. The lowest BCUT2D eigenvalue weighted by Crippen LogP contribution is -2.58. The molecule has 15 heavy (non-hydrogen) atoms. The van der Waals surface area contributed by atoms with Gasteiger partial charge in [-0.25, -0.2) is 0 Å². The summed E-state index contributed by atoms with van der Waals surface area (Å²) in [6.45, 7) is 7.49. The minimum Gasteiger partial charge on any atom is -0.302 e. The zero-order chi connectivity index (χ0) is 10.3. The molecule has 3 rings (SSSR count). The van der Waals surface area contributed by atoms with E-state index in [1.54, 1.807) is 0 Å². The van der Waals surface area contributed by atoms with Gasteiger partial charge in [0.25, 0.3) is 0 Å². The standard InChI is InChI=1S/C12H23N3/c1-10-9-14(11-4-5-11)7-8-15(10)12-3-2-6-13-12/h10-13H,2-9H2,1H3. The largest absolute Gasteiger partial charge is 0.302 e. The van der Waals surface area contributed by atoms with Crippen molar-refractivity contribution < 1.29 is 0 Å². The molecule has 2 heterocycles. The van der Waals surface area contributed by atoms with Gasteiger partial charge in [0.05, 0.1) is 6.17 Å². The van der Waals surface area contributed by atoms with Crippen LogP contribution in [0.15, 0.2) is 0 Å². The highest BCUT2D eigenvalue weighted by atomic mass is 15.4. The molecule has 0 aromatic carbocycles. The summed E-state index contributed by atoms with van der Waals surface area (Å²) in [7, 11) is 0. The van der Waals surface area contributed by atoms with E-state index in [0.717, 1.165) is 12.1 Å². The lowest BCUT2D eigenvalue weighted by atomic mass is 10.1. The smallest absolute Gasteiger partial charge is 0.0600 e. The van der Waals surface area contributed by atoms with Crippen LogP contribution in [0.5, 0.6) is 0 Å². The van der Waals surface area contributed by atoms with Crippen LogP contribution >= 0.6 is 0 Å². The first-order chi connectivity index (χ1) is 7.34. The molecule has 3 nitrogen and oxygen atoms in total. The van der Waals surface area contributed by atoms with Crippen LogP contribution in [0.2, 0.25) is 0 Å². The Hall–Kier alpha value is -0.120. The maximum atomic E-state index is 3.62. The number of hydrogen-bond donors (Lipinski definition) is 1. The molecule has 0 spiro atoms. The van der Waals surface area contributed by atoms with Gasteiger partial charge in [-0.15, -0.1) is 0 Å². The lowest BCUT2D eigenvalue weighted by Gasteiger charge is -2.43. The molecule has 1 N–H and O–H groups in total. The monoisotopic (exact) mass is 209 g/mol. The van der Waals surface area contributed by atoms with E-state index in [4.69, 9.17) is 0 Å². The van der Waals surface area contributed by atoms with Crippen LogP contribution in [0.1, 0.15) is 32.6 Å². The van der Waals surface area contributed by atoms with Crippen LogP contribution in [0.4, 0.5) is 0 Å². The summed E-state index contributed by atoms with van der Waals surface area (Å²) in [6, 6.07) is 1.70. The van der Waals surface area contributed by atoms with E-state index in [1.165, 1.54) is 51.9 Å². The van der Waals surface area contributed by atoms with Crippen molar-refractivity contribution in [3.63, 3.8) is 0 Å². The molecule has 0 bridgehead atoms. The van der Waals surface area contributed by atoms with Crippen molar-refractivity contribution >= 4 is 0 Å². The van der Waals surface area contributed by atoms with E-state index in [1.807, 2.05) is 0 Å². The van der Waals surface area contributed by atoms with Gasteiger partial charge in [0.1, 0.15) is 0 Å². The summed E-state index contributed by atoms with van der Waals surface area (Å²) >= 11 is 0. The van der Waals surface area contributed by atoms with Crippen molar-refractivity contribution in [3.05, 3.63) is 0 Å². The molecule has 0 radical (unpaired) electrons. The number of nitrogens with zero attached hydrogens (tertiary/aromatic N) is 2. The fourth-order valence-corrected chi connectivity index (χ4v) is 3.18. The first-order valence-corrected chi connectivity index (χ1v) is 6.58. The van der Waals surface area contributed by atoms with Gasteiger partial charge in [0.15, 0.2) is 0 Å². The molecule has 0 aromatic heterocycles. The normalized spacial score (nSPS) is 39.8. The van der Waals surface area contributed by atoms with Crippen LogP contribution in [-0.2, 0) is 0 Å². The van der Waals surface area contributed by atoms with Gasteiger partial charge in [-0.2, -0.15) is 0 Å². The highest BCUT2D eigenvalue weighted by Crippen LogP contribution is 2.29. The maximum Gasteiger partial charge on any atom is 0.0600 e. The second kappa shape index (κ2) is 4.04. The van der Waals surface area contributed by atoms with Crippen LogP contribution < -0.4 is 5.32 Å². The summed E-state index contributed by atoms with van der Waals surface area (Å²) < 4.78 is 0. The van der Waals surface area contributed by atoms with E-state index in [2.05, 4.69) is 22.0 Å². The van der Waals surface area contributed by atoms with Crippen LogP contribution in [0, 0.1) is 0 Å². The molecule has 86 valence electrons. The highest BCUT2D eigenvalue weighted by Gasteiger charge is 2.36. The zero-order valence-electron chi connectivity index (χ0n) is 9.78. The SMILES string of the molecule is CC1CN(C2CC2)CCN1C1CCCN1. The third-order valence-corrected chi connectivity index (χ3v) is 4.21. The van der Waals surface area contributed by atoms with Gasteiger partial charge in [0, 0.05) is 31.7 Å². The second-order valence-electron chi connectivity index (χ2n) is 5.43. The van der Waals surface area contributed by atoms with Gasteiger partial charge in [-0.1, -0.05) is 0 Å². The van der Waals surface area contributed by atoms with Crippen molar-refractivity contribution in [2.24, 2.45) is 0 Å². The highest BCUT2D eigenvalue weighted by molar-refractivity contribution is 4.92. The Morgan fingerprint density at radius 2 is 2.00 bits per heavy atom. The fourth-order valence-electron chi connectivity index (χ4n) is 3.18. The van der Waals surface area contributed by atoms with Gasteiger partial charge >= 0.3 is 0 Å². The molecular weight excluding hydrogens is 186 g/mol. The van der Waals surface area contributed by atoms with Crippen LogP contribution in [-0.4, -0.2) is 54.2 Å². The average molecular weight is 209 g/mol. The molecule has 2 saturated heterocycles. The Morgan fingerprint density at radius 3 is 2.60 bits per heavy atom. The lowest BCUT2D eigenvalue weighted by molar-refractivity contribution is 0.0398. The van der Waals surface area contributed by atoms with E-state index < -0.39 is 0 Å². The number of piperazine rings is 1. The molecule has 3 heteroatoms. The van der Waals surface area contributed by atoms with Gasteiger partial charge in [-0.05, 0) is 39.2 Å². The van der Waals surface area contributed by atoms with Crippen molar-refractivity contribution in [2.75, 3.05) is 26.2 Å². The average Bonchev–Trinajstić information content (AvgIpc) is 2.95. The summed E-state index contributed by atoms with van der Waals surface area (Å²) in [4.78, 5) is 5.39. The summed E-state index contributed by atoms with van der Waals surface area (Å²) in [5.74, 6) is 0. The zero-order valence-corrected chi connectivity index (χ0v) is 9.78. The first kappa shape index (κ1) is 10.1. The maximum absolute atomic E-state index is 3.62. The number of rotatable bonds is 2. The Bertz CT molecular complexity index is 221. The molecule has 2 aliphatic heterocycles. The van der Waals surface area contributed by atoms with Gasteiger partial charge in [-0.3, -0.25) is 9.80 Å². The molecular formula is C12H23N3. The molecule has 3 aliphatic rings. The van der Waals surface area contributed by atoms with Gasteiger partial charge in [0.2, 0.25) is 0 Å². The summed E-state index contributed by atoms with van der Waals surface area (Å²) in [5.41, 5.74) is 0. The Labute approximate surface area is 92.8 Å². The summed E-state index contributed by atoms with van der Waals surface area (Å²) in [6.07, 6.45) is 6.30. The third kappa shape index (κ3) is 2.05. The summed E-state index contributed by atoms with van der Waals surface area (Å²) in [5, 5.41) is 3.62. The van der Waals surface area contributed by atoms with Crippen molar-refractivity contribution in [3.8, 4) is 0 Å². The van der Waals surface area contributed by atoms with Crippen molar-refractivity contribution in [1.29, 1.82) is 0 Å². The Morgan fingerprint density at radius 1 is 1.13 bits per heavy atom. The molecule has 2 atom stereocenters. The number of nitrogens with one attached hydrogen (secondary N) is 1. The van der Waals surface area contributed by atoms with E-state index in [0.29, 0.717) is 6.17 Å². The number of hydrogen-bond acceptors (Lipinski definition) is 3. The van der Waals surface area contributed by atoms with Crippen LogP contribution in [0.25, 0.3) is 0 Å². The minimum atomic E-state index is 0.682. The van der Waals surface area contributed by atoms with Crippen LogP contribution in [0.3, 0.4) is 0 Å². The van der Waals surface area contributed by atoms with Crippen molar-refractivity contribution in [1.82, 2.24) is 15.1 Å². The quantitative estimate of drug-likeness (QED) is 0.728. The molecule has 2 unspecified atom stereocenters. The molecule has 0 amide bonds. The van der Waals surface area contributed by atoms with E-state index in [9.17, 15) is 0 Å². The Kier molecular flexibility index (Phi) is 2.71. The van der Waals surface area contributed by atoms with E-state index in [-0.39, 0.29) is 0 Å². The predicted molar refractivity (Wildman–Crippen MR) is 61.8 cm³/mol. The first-order valence-electron chi connectivity index (χ1n) is 6.58. The molecule has 1 saturated carbocycles. The molecule has 3 fully saturated rings. The van der Waals surface area contributed by atoms with Crippen molar-refractivity contribution in [2.45, 2.75) is 50.9 Å².